The summed E-state index contributed by atoms with van der Waals surface area (Å²) in [6, 6.07) is 12.1. The Morgan fingerprint density at radius 1 is 0.582 bits per heavy atom. The number of halogens is 12. The SMILES string of the molecule is CN(C(=O)NC(=O)c1c(F)cccc1F)c1ccc(SC(F)(F)C(F)F)cc1.O=C(NC(=O)c1c(F)cccc1F)Nc1ccc(SC(F)(F)C(F)F)cc1. The van der Waals surface area contributed by atoms with E-state index in [0.29, 0.717) is 0 Å². The summed E-state index contributed by atoms with van der Waals surface area (Å²) < 4.78 is 155. The summed E-state index contributed by atoms with van der Waals surface area (Å²) in [4.78, 5) is 48.0. The lowest BCUT2D eigenvalue weighted by Crippen LogP contribution is -2.41. The van der Waals surface area contributed by atoms with Gasteiger partial charge in [0.1, 0.15) is 34.4 Å². The molecular formula is C33H22F12N4O4S2. The molecule has 0 unspecified atom stereocenters. The first-order chi connectivity index (χ1) is 25.6. The lowest BCUT2D eigenvalue weighted by atomic mass is 10.2. The van der Waals surface area contributed by atoms with E-state index in [9.17, 15) is 71.9 Å². The Morgan fingerprint density at radius 3 is 1.33 bits per heavy atom. The summed E-state index contributed by atoms with van der Waals surface area (Å²) >= 11 is -0.702. The standard InChI is InChI=1S/C17H12F6N2O2S.C16H10F6N2O2S/c1-25(9-5-7-10(8-6-9)28-17(22,23)15(20)21)16(27)24-14(26)13-11(18)3-2-4-12(13)19;17-10-2-1-3-11(18)12(10)13(25)24-15(26)23-8-4-6-9(7-5-8)27-16(21,22)14(19)20/h2-8,15H,1H3,(H,24,26,27);1-7,14H,(H2,23,24,25,26). The second kappa shape index (κ2) is 18.8. The van der Waals surface area contributed by atoms with Gasteiger partial charge in [0.05, 0.1) is 0 Å². The van der Waals surface area contributed by atoms with E-state index in [1.54, 1.807) is 10.6 Å². The van der Waals surface area contributed by atoms with E-state index in [-0.39, 0.29) is 44.7 Å². The smallest absolute Gasteiger partial charge is 0.308 e. The zero-order valence-electron chi connectivity index (χ0n) is 27.2. The minimum absolute atomic E-state index is 0.0269. The molecule has 0 radical (unpaired) electrons. The Labute approximate surface area is 310 Å². The largest absolute Gasteiger partial charge is 0.357 e. The minimum atomic E-state index is -4.28. The average Bonchev–Trinajstić information content (AvgIpc) is 3.09. The molecule has 0 aromatic heterocycles. The van der Waals surface area contributed by atoms with E-state index in [1.165, 1.54) is 19.2 Å². The van der Waals surface area contributed by atoms with Crippen molar-refractivity contribution < 1.29 is 71.9 Å². The topological polar surface area (TPSA) is 108 Å². The zero-order chi connectivity index (χ0) is 41.2. The van der Waals surface area contributed by atoms with Gasteiger partial charge < -0.3 is 5.32 Å². The van der Waals surface area contributed by atoms with Crippen LogP contribution >= 0.6 is 23.5 Å². The molecule has 0 bridgehead atoms. The van der Waals surface area contributed by atoms with Crippen LogP contribution in [0, 0.1) is 23.3 Å². The number of thioether (sulfide) groups is 2. The maximum atomic E-state index is 13.6. The van der Waals surface area contributed by atoms with Crippen LogP contribution < -0.4 is 20.9 Å². The molecule has 0 aliphatic heterocycles. The molecule has 22 heteroatoms. The van der Waals surface area contributed by atoms with Gasteiger partial charge in [-0.3, -0.25) is 25.1 Å². The van der Waals surface area contributed by atoms with Crippen LogP contribution in [0.1, 0.15) is 20.7 Å². The highest BCUT2D eigenvalue weighted by atomic mass is 32.2. The van der Waals surface area contributed by atoms with Gasteiger partial charge in [0, 0.05) is 28.2 Å². The fraction of sp³-hybridized carbons (Fsp3) is 0.152. The van der Waals surface area contributed by atoms with Crippen molar-refractivity contribution in [2.45, 2.75) is 33.2 Å². The monoisotopic (exact) mass is 830 g/mol. The number of carbonyl (C=O) groups excluding carboxylic acids is 4. The van der Waals surface area contributed by atoms with Crippen molar-refractivity contribution >= 4 is 58.8 Å². The number of anilines is 2. The molecule has 6 amide bonds. The Bertz CT molecular complexity index is 1970. The van der Waals surface area contributed by atoms with Crippen LogP contribution in [0.5, 0.6) is 0 Å². The molecule has 0 spiro atoms. The van der Waals surface area contributed by atoms with E-state index in [1.807, 2.05) is 0 Å². The van der Waals surface area contributed by atoms with E-state index in [2.05, 4.69) is 5.32 Å². The number of rotatable bonds is 10. The van der Waals surface area contributed by atoms with Gasteiger partial charge in [-0.2, -0.15) is 17.6 Å². The highest BCUT2D eigenvalue weighted by molar-refractivity contribution is 8.00. The van der Waals surface area contributed by atoms with Gasteiger partial charge in [-0.25, -0.2) is 44.7 Å². The van der Waals surface area contributed by atoms with E-state index < -0.39 is 81.6 Å². The number of benzene rings is 4. The van der Waals surface area contributed by atoms with Crippen molar-refractivity contribution in [2.24, 2.45) is 0 Å². The van der Waals surface area contributed by atoms with Crippen LogP contribution in [0.4, 0.5) is 73.6 Å². The number of alkyl halides is 8. The van der Waals surface area contributed by atoms with Gasteiger partial charge >= 0.3 is 35.4 Å². The van der Waals surface area contributed by atoms with Crippen LogP contribution in [-0.4, -0.2) is 54.3 Å². The third-order valence-electron chi connectivity index (χ3n) is 6.48. The summed E-state index contributed by atoms with van der Waals surface area (Å²) in [6.07, 6.45) is -7.70. The molecule has 8 nitrogen and oxygen atoms in total. The molecule has 4 aromatic rings. The van der Waals surface area contributed by atoms with Crippen molar-refractivity contribution in [3.63, 3.8) is 0 Å². The van der Waals surface area contributed by atoms with Crippen molar-refractivity contribution in [1.82, 2.24) is 10.6 Å². The number of imide groups is 2. The third-order valence-corrected chi connectivity index (χ3v) is 8.40. The number of amides is 6. The van der Waals surface area contributed by atoms with Crippen LogP contribution in [0.15, 0.2) is 94.7 Å². The highest BCUT2D eigenvalue weighted by Gasteiger charge is 2.42. The Kier molecular flexibility index (Phi) is 15.0. The number of carbonyl (C=O) groups is 4. The molecule has 0 saturated heterocycles. The second-order valence-corrected chi connectivity index (χ2v) is 12.8. The first-order valence-electron chi connectivity index (χ1n) is 14.6. The van der Waals surface area contributed by atoms with Crippen molar-refractivity contribution in [2.75, 3.05) is 17.3 Å². The molecule has 0 aliphatic rings. The Balaban J connectivity index is 0.000000296. The summed E-state index contributed by atoms with van der Waals surface area (Å²) in [7, 11) is 1.20. The predicted molar refractivity (Wildman–Crippen MR) is 177 cm³/mol. The fourth-order valence-corrected chi connectivity index (χ4v) is 5.22. The lowest BCUT2D eigenvalue weighted by molar-refractivity contribution is -0.0563. The summed E-state index contributed by atoms with van der Waals surface area (Å²) in [5, 5.41) is -2.93. The van der Waals surface area contributed by atoms with Gasteiger partial charge in [-0.05, 0) is 96.3 Å². The highest BCUT2D eigenvalue weighted by Crippen LogP contribution is 2.41. The van der Waals surface area contributed by atoms with Crippen molar-refractivity contribution in [1.29, 1.82) is 0 Å². The molecule has 0 fully saturated rings. The number of hydrogen-bond donors (Lipinski definition) is 3. The van der Waals surface area contributed by atoms with E-state index in [0.717, 1.165) is 77.7 Å². The van der Waals surface area contributed by atoms with E-state index >= 15 is 0 Å². The molecule has 0 heterocycles. The van der Waals surface area contributed by atoms with E-state index in [4.69, 9.17) is 0 Å². The molecule has 294 valence electrons. The summed E-state index contributed by atoms with van der Waals surface area (Å²) in [5.41, 5.74) is -1.75. The van der Waals surface area contributed by atoms with Crippen molar-refractivity contribution in [3.8, 4) is 0 Å². The maximum absolute atomic E-state index is 13.6. The van der Waals surface area contributed by atoms with Gasteiger partial charge in [0.2, 0.25) is 0 Å². The normalized spacial score (nSPS) is 11.4. The quantitative estimate of drug-likeness (QED) is 0.109. The lowest BCUT2D eigenvalue weighted by Gasteiger charge is -2.19. The molecule has 0 saturated carbocycles. The number of hydrogen-bond acceptors (Lipinski definition) is 6. The fourth-order valence-electron chi connectivity index (χ4n) is 3.87. The minimum Gasteiger partial charge on any atom is -0.308 e. The van der Waals surface area contributed by atoms with Crippen LogP contribution in [-0.2, 0) is 0 Å². The van der Waals surface area contributed by atoms with Crippen LogP contribution in [0.2, 0.25) is 0 Å². The summed E-state index contributed by atoms with van der Waals surface area (Å²) in [6.45, 7) is 0. The third kappa shape index (κ3) is 12.3. The first kappa shape index (κ1) is 44.0. The second-order valence-electron chi connectivity index (χ2n) is 10.4. The molecule has 55 heavy (non-hydrogen) atoms. The zero-order valence-corrected chi connectivity index (χ0v) is 28.8. The Morgan fingerprint density at radius 2 is 0.945 bits per heavy atom. The van der Waals surface area contributed by atoms with Crippen molar-refractivity contribution in [3.05, 3.63) is 119 Å². The van der Waals surface area contributed by atoms with Gasteiger partial charge in [0.15, 0.2) is 0 Å². The van der Waals surface area contributed by atoms with Crippen LogP contribution in [0.25, 0.3) is 0 Å². The van der Waals surface area contributed by atoms with Gasteiger partial charge in [0.25, 0.3) is 11.8 Å². The Hall–Kier alpha value is -5.38. The number of urea groups is 2. The average molecular weight is 831 g/mol. The predicted octanol–water partition coefficient (Wildman–Crippen LogP) is 9.78. The maximum Gasteiger partial charge on any atom is 0.357 e. The molecule has 4 aromatic carbocycles. The molecule has 3 N–H and O–H groups in total. The first-order valence-corrected chi connectivity index (χ1v) is 16.3. The summed E-state index contributed by atoms with van der Waals surface area (Å²) in [5.74, 6) is -7.28. The molecule has 0 atom stereocenters. The van der Waals surface area contributed by atoms with Gasteiger partial charge in [-0.1, -0.05) is 12.1 Å². The van der Waals surface area contributed by atoms with Gasteiger partial charge in [-0.15, -0.1) is 0 Å². The molecule has 0 aliphatic carbocycles. The molecule has 4 rings (SSSR count). The molecular weight excluding hydrogens is 808 g/mol. The van der Waals surface area contributed by atoms with Crippen LogP contribution in [0.3, 0.4) is 0 Å². The number of nitrogens with one attached hydrogen (secondary N) is 3. The number of nitrogens with zero attached hydrogens (tertiary/aromatic N) is 1.